The first kappa shape index (κ1) is 16.8. The normalized spacial score (nSPS) is 19.3. The van der Waals surface area contributed by atoms with Gasteiger partial charge in [-0.25, -0.2) is 13.1 Å². The highest BCUT2D eigenvalue weighted by atomic mass is 32.2. The zero-order chi connectivity index (χ0) is 16.2. The summed E-state index contributed by atoms with van der Waals surface area (Å²) in [6.45, 7) is 2.49. The molecular weight excluding hydrogens is 304 g/mol. The van der Waals surface area contributed by atoms with E-state index in [2.05, 4.69) is 4.72 Å². The van der Waals surface area contributed by atoms with Crippen LogP contribution >= 0.6 is 0 Å². The number of ether oxygens (including phenoxy) is 1. The molecule has 1 aromatic carbocycles. The maximum absolute atomic E-state index is 12.0. The molecule has 1 aliphatic rings. The fourth-order valence-electron chi connectivity index (χ4n) is 2.33. The number of likely N-dealkylation sites (N-methyl/N-ethyl adjacent to an activating group) is 1. The molecule has 1 N–H and O–H groups in total. The third-order valence-electron chi connectivity index (χ3n) is 3.61. The number of aryl methyl sites for hydroxylation is 1. The van der Waals surface area contributed by atoms with E-state index in [-0.39, 0.29) is 24.3 Å². The lowest BCUT2D eigenvalue weighted by molar-refractivity contribution is -0.132. The number of likely N-dealkylation sites (tertiary alicyclic amines) is 1. The topological polar surface area (TPSA) is 75.7 Å². The minimum atomic E-state index is -3.41. The molecule has 1 saturated heterocycles. The molecule has 1 unspecified atom stereocenters. The van der Waals surface area contributed by atoms with E-state index in [1.807, 2.05) is 31.2 Å². The van der Waals surface area contributed by atoms with Gasteiger partial charge in [0, 0.05) is 26.1 Å². The standard InChI is InChI=1S/C15H22N2O4S/c1-12-3-6-14(7-4-12)21-9-10-22(19,20)16-13-5-8-15(18)17(2)11-13/h3-4,6-7,13,16H,5,8-11H2,1-2H3. The van der Waals surface area contributed by atoms with Gasteiger partial charge in [0.25, 0.3) is 0 Å². The molecule has 1 aliphatic heterocycles. The third kappa shape index (κ3) is 4.99. The van der Waals surface area contributed by atoms with Gasteiger partial charge >= 0.3 is 0 Å². The van der Waals surface area contributed by atoms with E-state index in [4.69, 9.17) is 4.74 Å². The summed E-state index contributed by atoms with van der Waals surface area (Å²) in [5.74, 6) is 0.608. The number of nitrogens with one attached hydrogen (secondary N) is 1. The number of carbonyl (C=O) groups excluding carboxylic acids is 1. The van der Waals surface area contributed by atoms with Crippen molar-refractivity contribution in [1.29, 1.82) is 0 Å². The van der Waals surface area contributed by atoms with Crippen LogP contribution in [0.15, 0.2) is 24.3 Å². The van der Waals surface area contributed by atoms with E-state index in [0.29, 0.717) is 25.1 Å². The monoisotopic (exact) mass is 326 g/mol. The molecule has 1 aromatic rings. The Morgan fingerprint density at radius 1 is 1.32 bits per heavy atom. The zero-order valence-electron chi connectivity index (χ0n) is 12.9. The Hall–Kier alpha value is -1.60. The number of benzene rings is 1. The number of nitrogens with zero attached hydrogens (tertiary/aromatic N) is 1. The number of hydrogen-bond donors (Lipinski definition) is 1. The van der Waals surface area contributed by atoms with Crippen molar-refractivity contribution in [1.82, 2.24) is 9.62 Å². The average Bonchev–Trinajstić information content (AvgIpc) is 2.45. The van der Waals surface area contributed by atoms with Crippen LogP contribution in [-0.2, 0) is 14.8 Å². The predicted octanol–water partition coefficient (Wildman–Crippen LogP) is 0.914. The van der Waals surface area contributed by atoms with Crippen molar-refractivity contribution in [3.8, 4) is 5.75 Å². The van der Waals surface area contributed by atoms with E-state index in [9.17, 15) is 13.2 Å². The van der Waals surface area contributed by atoms with Crippen LogP contribution in [0.5, 0.6) is 5.75 Å². The molecule has 0 radical (unpaired) electrons. The van der Waals surface area contributed by atoms with E-state index in [1.165, 1.54) is 0 Å². The first-order chi connectivity index (χ1) is 10.4. The minimum Gasteiger partial charge on any atom is -0.492 e. The second-order valence-electron chi connectivity index (χ2n) is 5.61. The van der Waals surface area contributed by atoms with Gasteiger partial charge < -0.3 is 9.64 Å². The Morgan fingerprint density at radius 3 is 2.64 bits per heavy atom. The van der Waals surface area contributed by atoms with Gasteiger partial charge in [0.1, 0.15) is 12.4 Å². The van der Waals surface area contributed by atoms with E-state index in [0.717, 1.165) is 5.56 Å². The summed E-state index contributed by atoms with van der Waals surface area (Å²) < 4.78 is 32.2. The maximum Gasteiger partial charge on any atom is 0.222 e. The molecule has 1 atom stereocenters. The van der Waals surface area contributed by atoms with Gasteiger partial charge in [-0.1, -0.05) is 17.7 Å². The first-order valence-electron chi connectivity index (χ1n) is 7.29. The lowest BCUT2D eigenvalue weighted by Crippen LogP contribution is -2.49. The Labute approximate surface area is 131 Å². The molecule has 0 aromatic heterocycles. The van der Waals surface area contributed by atoms with Gasteiger partial charge in [0.15, 0.2) is 0 Å². The molecule has 1 fully saturated rings. The van der Waals surface area contributed by atoms with Gasteiger partial charge in [-0.15, -0.1) is 0 Å². The third-order valence-corrected chi connectivity index (χ3v) is 5.01. The molecule has 6 nitrogen and oxygen atoms in total. The summed E-state index contributed by atoms with van der Waals surface area (Å²) in [6, 6.07) is 7.24. The van der Waals surface area contributed by atoms with Crippen LogP contribution in [0.25, 0.3) is 0 Å². The maximum atomic E-state index is 12.0. The smallest absolute Gasteiger partial charge is 0.222 e. The summed E-state index contributed by atoms with van der Waals surface area (Å²) in [4.78, 5) is 12.9. The molecule has 0 bridgehead atoms. The second-order valence-corrected chi connectivity index (χ2v) is 7.48. The summed E-state index contributed by atoms with van der Waals surface area (Å²) in [5.41, 5.74) is 1.12. The van der Waals surface area contributed by atoms with Gasteiger partial charge in [-0.3, -0.25) is 4.79 Å². The quantitative estimate of drug-likeness (QED) is 0.843. The van der Waals surface area contributed by atoms with Crippen LogP contribution in [0.4, 0.5) is 0 Å². The van der Waals surface area contributed by atoms with E-state index < -0.39 is 10.0 Å². The molecule has 7 heteroatoms. The molecule has 122 valence electrons. The number of amides is 1. The number of rotatable bonds is 6. The van der Waals surface area contributed by atoms with Gasteiger partial charge in [-0.05, 0) is 25.5 Å². The van der Waals surface area contributed by atoms with Crippen molar-refractivity contribution >= 4 is 15.9 Å². The van der Waals surface area contributed by atoms with Crippen molar-refractivity contribution in [2.45, 2.75) is 25.8 Å². The number of sulfonamides is 1. The number of hydrogen-bond acceptors (Lipinski definition) is 4. The van der Waals surface area contributed by atoms with Crippen LogP contribution in [0, 0.1) is 6.92 Å². The Bertz CT molecular complexity index is 613. The molecular formula is C15H22N2O4S. The molecule has 1 heterocycles. The zero-order valence-corrected chi connectivity index (χ0v) is 13.7. The van der Waals surface area contributed by atoms with Crippen molar-refractivity contribution in [3.05, 3.63) is 29.8 Å². The summed E-state index contributed by atoms with van der Waals surface area (Å²) in [7, 11) is -1.73. The van der Waals surface area contributed by atoms with Crippen LogP contribution in [0.1, 0.15) is 18.4 Å². The fourth-order valence-corrected chi connectivity index (χ4v) is 3.45. The summed E-state index contributed by atoms with van der Waals surface area (Å²) >= 11 is 0. The van der Waals surface area contributed by atoms with Crippen molar-refractivity contribution in [3.63, 3.8) is 0 Å². The largest absolute Gasteiger partial charge is 0.492 e. The van der Waals surface area contributed by atoms with Crippen molar-refractivity contribution in [2.75, 3.05) is 26.0 Å². The Kier molecular flexibility index (Phi) is 5.42. The second kappa shape index (κ2) is 7.11. The fraction of sp³-hybridized carbons (Fsp3) is 0.533. The summed E-state index contributed by atoms with van der Waals surface area (Å²) in [6.07, 6.45) is 0.921. The minimum absolute atomic E-state index is 0.0538. The van der Waals surface area contributed by atoms with Crippen LogP contribution in [-0.4, -0.2) is 51.2 Å². The highest BCUT2D eigenvalue weighted by Gasteiger charge is 2.26. The average molecular weight is 326 g/mol. The molecule has 0 spiro atoms. The molecule has 2 rings (SSSR count). The number of carbonyl (C=O) groups is 1. The predicted molar refractivity (Wildman–Crippen MR) is 84.3 cm³/mol. The first-order valence-corrected chi connectivity index (χ1v) is 8.94. The van der Waals surface area contributed by atoms with Crippen molar-refractivity contribution < 1.29 is 17.9 Å². The number of piperidine rings is 1. The summed E-state index contributed by atoms with van der Waals surface area (Å²) in [5, 5.41) is 0. The van der Waals surface area contributed by atoms with E-state index in [1.54, 1.807) is 11.9 Å². The van der Waals surface area contributed by atoms with Gasteiger partial charge in [-0.2, -0.15) is 0 Å². The van der Waals surface area contributed by atoms with Gasteiger partial charge in [0.05, 0.1) is 5.75 Å². The molecule has 0 aliphatic carbocycles. The van der Waals surface area contributed by atoms with E-state index >= 15 is 0 Å². The van der Waals surface area contributed by atoms with Gasteiger partial charge in [0.2, 0.25) is 15.9 Å². The van der Waals surface area contributed by atoms with Crippen LogP contribution < -0.4 is 9.46 Å². The lowest BCUT2D eigenvalue weighted by Gasteiger charge is -2.29. The lowest BCUT2D eigenvalue weighted by atomic mass is 10.1. The molecule has 22 heavy (non-hydrogen) atoms. The van der Waals surface area contributed by atoms with Crippen LogP contribution in [0.2, 0.25) is 0 Å². The highest BCUT2D eigenvalue weighted by molar-refractivity contribution is 7.89. The van der Waals surface area contributed by atoms with Crippen molar-refractivity contribution in [2.24, 2.45) is 0 Å². The van der Waals surface area contributed by atoms with Crippen LogP contribution in [0.3, 0.4) is 0 Å². The molecule has 0 saturated carbocycles. The highest BCUT2D eigenvalue weighted by Crippen LogP contribution is 2.12. The molecule has 1 amide bonds. The SMILES string of the molecule is Cc1ccc(OCCS(=O)(=O)NC2CCC(=O)N(C)C2)cc1. The Balaban J connectivity index is 1.78. The Morgan fingerprint density at radius 2 is 2.00 bits per heavy atom.